The molecule has 1 amide bonds. The minimum absolute atomic E-state index is 0.417. The van der Waals surface area contributed by atoms with E-state index in [0.717, 1.165) is 18.8 Å². The molecule has 0 aromatic heterocycles. The average molecular weight is 233 g/mol. The molecular formula is C13H19N3O. The van der Waals surface area contributed by atoms with Gasteiger partial charge in [0.05, 0.1) is 16.9 Å². The fourth-order valence-electron chi connectivity index (χ4n) is 2.43. The van der Waals surface area contributed by atoms with Crippen molar-refractivity contribution < 1.29 is 4.79 Å². The van der Waals surface area contributed by atoms with Crippen molar-refractivity contribution in [3.05, 3.63) is 23.8 Å². The normalized spacial score (nSPS) is 24.0. The first-order chi connectivity index (χ1) is 8.00. The Bertz CT molecular complexity index is 434. The molecule has 17 heavy (non-hydrogen) atoms. The van der Waals surface area contributed by atoms with Crippen LogP contribution in [0.25, 0.3) is 0 Å². The van der Waals surface area contributed by atoms with E-state index in [4.69, 9.17) is 11.5 Å². The smallest absolute Gasteiger partial charge is 0.250 e. The number of amides is 1. The van der Waals surface area contributed by atoms with Crippen LogP contribution >= 0.6 is 0 Å². The second-order valence-electron chi connectivity index (χ2n) is 4.97. The van der Waals surface area contributed by atoms with Crippen LogP contribution < -0.4 is 16.4 Å². The third-order valence-corrected chi connectivity index (χ3v) is 3.64. The van der Waals surface area contributed by atoms with Crippen molar-refractivity contribution >= 4 is 17.3 Å². The Morgan fingerprint density at radius 2 is 1.88 bits per heavy atom. The lowest BCUT2D eigenvalue weighted by Gasteiger charge is -2.22. The van der Waals surface area contributed by atoms with Crippen molar-refractivity contribution in [2.24, 2.45) is 17.6 Å². The summed E-state index contributed by atoms with van der Waals surface area (Å²) >= 11 is 0. The topological polar surface area (TPSA) is 72.3 Å². The van der Waals surface area contributed by atoms with Gasteiger partial charge in [-0.05, 0) is 24.0 Å². The summed E-state index contributed by atoms with van der Waals surface area (Å²) in [5, 5.41) is 0. The molecule has 0 aliphatic carbocycles. The number of nitrogens with zero attached hydrogens (tertiary/aromatic N) is 1. The summed E-state index contributed by atoms with van der Waals surface area (Å²) in [5.41, 5.74) is 13.3. The summed E-state index contributed by atoms with van der Waals surface area (Å²) in [7, 11) is 0. The van der Waals surface area contributed by atoms with Crippen LogP contribution in [0.2, 0.25) is 0 Å². The van der Waals surface area contributed by atoms with E-state index in [1.807, 2.05) is 6.07 Å². The fourth-order valence-corrected chi connectivity index (χ4v) is 2.43. The maximum atomic E-state index is 11.4. The van der Waals surface area contributed by atoms with E-state index in [9.17, 15) is 4.79 Å². The van der Waals surface area contributed by atoms with E-state index < -0.39 is 5.91 Å². The molecule has 0 saturated carbocycles. The number of primary amides is 1. The second-order valence-corrected chi connectivity index (χ2v) is 4.97. The number of hydrogen-bond acceptors (Lipinski definition) is 3. The number of nitrogen functional groups attached to an aromatic ring is 1. The van der Waals surface area contributed by atoms with Crippen LogP contribution in [-0.4, -0.2) is 19.0 Å². The number of rotatable bonds is 2. The largest absolute Gasteiger partial charge is 0.397 e. The third kappa shape index (κ3) is 2.07. The van der Waals surface area contributed by atoms with Crippen molar-refractivity contribution in [1.29, 1.82) is 0 Å². The summed E-state index contributed by atoms with van der Waals surface area (Å²) in [6.07, 6.45) is 0. The number of carbonyl (C=O) groups is 1. The first-order valence-corrected chi connectivity index (χ1v) is 5.94. The second kappa shape index (κ2) is 4.28. The Kier molecular flexibility index (Phi) is 2.96. The summed E-state index contributed by atoms with van der Waals surface area (Å²) in [5.74, 6) is 0.796. The van der Waals surface area contributed by atoms with Crippen molar-refractivity contribution in [3.63, 3.8) is 0 Å². The highest BCUT2D eigenvalue weighted by Gasteiger charge is 2.29. The van der Waals surface area contributed by atoms with Crippen LogP contribution in [0.1, 0.15) is 24.2 Å². The van der Waals surface area contributed by atoms with Gasteiger partial charge in [0.15, 0.2) is 0 Å². The van der Waals surface area contributed by atoms with Crippen LogP contribution in [0.15, 0.2) is 18.2 Å². The molecule has 2 atom stereocenters. The van der Waals surface area contributed by atoms with E-state index in [0.29, 0.717) is 23.1 Å². The van der Waals surface area contributed by atoms with E-state index in [-0.39, 0.29) is 0 Å². The zero-order valence-electron chi connectivity index (χ0n) is 10.3. The molecular weight excluding hydrogens is 214 g/mol. The van der Waals surface area contributed by atoms with Crippen molar-refractivity contribution in [3.8, 4) is 0 Å². The molecule has 4 nitrogen and oxygen atoms in total. The van der Waals surface area contributed by atoms with Gasteiger partial charge < -0.3 is 16.4 Å². The average Bonchev–Trinajstić information content (AvgIpc) is 2.58. The zero-order valence-corrected chi connectivity index (χ0v) is 10.3. The molecule has 1 fully saturated rings. The quantitative estimate of drug-likeness (QED) is 0.760. The predicted molar refractivity (Wildman–Crippen MR) is 69.9 cm³/mol. The molecule has 0 spiro atoms. The van der Waals surface area contributed by atoms with Crippen LogP contribution in [0.5, 0.6) is 0 Å². The Morgan fingerprint density at radius 1 is 1.29 bits per heavy atom. The van der Waals surface area contributed by atoms with Gasteiger partial charge in [-0.15, -0.1) is 0 Å². The molecule has 4 heteroatoms. The lowest BCUT2D eigenvalue weighted by atomic mass is 10.0. The summed E-state index contributed by atoms with van der Waals surface area (Å²) in [4.78, 5) is 13.6. The first-order valence-electron chi connectivity index (χ1n) is 5.94. The molecule has 1 aliphatic rings. The number of benzene rings is 1. The highest BCUT2D eigenvalue weighted by atomic mass is 16.1. The SMILES string of the molecule is CC1CN(c2c(N)cccc2C(N)=O)CC1C. The molecule has 92 valence electrons. The van der Waals surface area contributed by atoms with E-state index >= 15 is 0 Å². The first kappa shape index (κ1) is 11.8. The van der Waals surface area contributed by atoms with Crippen LogP contribution in [0, 0.1) is 11.8 Å². The predicted octanol–water partition coefficient (Wildman–Crippen LogP) is 1.46. The molecule has 0 bridgehead atoms. The van der Waals surface area contributed by atoms with Gasteiger partial charge in [-0.3, -0.25) is 4.79 Å². The van der Waals surface area contributed by atoms with Gasteiger partial charge in [0, 0.05) is 13.1 Å². The summed E-state index contributed by atoms with van der Waals surface area (Å²) in [6.45, 7) is 6.28. The number of para-hydroxylation sites is 1. The van der Waals surface area contributed by atoms with E-state index in [1.165, 1.54) is 0 Å². The number of nitrogens with two attached hydrogens (primary N) is 2. The molecule has 2 rings (SSSR count). The molecule has 1 aliphatic heterocycles. The Balaban J connectivity index is 2.41. The molecule has 1 aromatic carbocycles. The molecule has 2 unspecified atom stereocenters. The van der Waals surface area contributed by atoms with Gasteiger partial charge in [0.2, 0.25) is 0 Å². The van der Waals surface area contributed by atoms with Crippen LogP contribution in [-0.2, 0) is 0 Å². The maximum Gasteiger partial charge on any atom is 0.250 e. The number of anilines is 2. The molecule has 1 saturated heterocycles. The maximum absolute atomic E-state index is 11.4. The van der Waals surface area contributed by atoms with Crippen molar-refractivity contribution in [2.45, 2.75) is 13.8 Å². The molecule has 1 heterocycles. The minimum atomic E-state index is -0.417. The van der Waals surface area contributed by atoms with Gasteiger partial charge in [0.25, 0.3) is 5.91 Å². The number of hydrogen-bond donors (Lipinski definition) is 2. The van der Waals surface area contributed by atoms with Gasteiger partial charge in [-0.1, -0.05) is 19.9 Å². The monoisotopic (exact) mass is 233 g/mol. The fraction of sp³-hybridized carbons (Fsp3) is 0.462. The van der Waals surface area contributed by atoms with Crippen LogP contribution in [0.3, 0.4) is 0 Å². The zero-order chi connectivity index (χ0) is 12.6. The minimum Gasteiger partial charge on any atom is -0.397 e. The Labute approximate surface area is 102 Å². The number of carbonyl (C=O) groups excluding carboxylic acids is 1. The summed E-state index contributed by atoms with van der Waals surface area (Å²) < 4.78 is 0. The van der Waals surface area contributed by atoms with Crippen molar-refractivity contribution in [2.75, 3.05) is 23.7 Å². The van der Waals surface area contributed by atoms with E-state index in [2.05, 4.69) is 18.7 Å². The highest BCUT2D eigenvalue weighted by molar-refractivity contribution is 6.01. The lowest BCUT2D eigenvalue weighted by Crippen LogP contribution is -2.25. The Morgan fingerprint density at radius 3 is 2.41 bits per heavy atom. The highest BCUT2D eigenvalue weighted by Crippen LogP contribution is 2.34. The molecule has 0 radical (unpaired) electrons. The van der Waals surface area contributed by atoms with Crippen molar-refractivity contribution in [1.82, 2.24) is 0 Å². The Hall–Kier alpha value is -1.71. The van der Waals surface area contributed by atoms with E-state index in [1.54, 1.807) is 12.1 Å². The summed E-state index contributed by atoms with van der Waals surface area (Å²) in [6, 6.07) is 5.32. The molecule has 1 aromatic rings. The third-order valence-electron chi connectivity index (χ3n) is 3.64. The van der Waals surface area contributed by atoms with Gasteiger partial charge in [-0.2, -0.15) is 0 Å². The van der Waals surface area contributed by atoms with Gasteiger partial charge in [-0.25, -0.2) is 0 Å². The lowest BCUT2D eigenvalue weighted by molar-refractivity contribution is 0.100. The van der Waals surface area contributed by atoms with Crippen LogP contribution in [0.4, 0.5) is 11.4 Å². The van der Waals surface area contributed by atoms with Gasteiger partial charge in [0.1, 0.15) is 0 Å². The molecule has 4 N–H and O–H groups in total. The van der Waals surface area contributed by atoms with Gasteiger partial charge >= 0.3 is 0 Å². The standard InChI is InChI=1S/C13H19N3O/c1-8-6-16(7-9(8)2)12-10(13(15)17)4-3-5-11(12)14/h3-5,8-9H,6-7,14H2,1-2H3,(H2,15,17).